The monoisotopic (exact) mass is 344 g/mol. The average Bonchev–Trinajstić information content (AvgIpc) is 3.33. The molecular weight excluding hydrogens is 320 g/mol. The van der Waals surface area contributed by atoms with Crippen LogP contribution in [0.2, 0.25) is 0 Å². The first kappa shape index (κ1) is 16.3. The van der Waals surface area contributed by atoms with Crippen molar-refractivity contribution < 1.29 is 9.53 Å². The number of carbonyl (C=O) groups is 1. The lowest BCUT2D eigenvalue weighted by Gasteiger charge is -2.26. The fourth-order valence-corrected chi connectivity index (χ4v) is 3.55. The molecule has 1 saturated heterocycles. The summed E-state index contributed by atoms with van der Waals surface area (Å²) in [6.45, 7) is 9.70. The van der Waals surface area contributed by atoms with Gasteiger partial charge in [-0.2, -0.15) is 10.2 Å². The highest BCUT2D eigenvalue weighted by Crippen LogP contribution is 2.30. The Bertz CT molecular complexity index is 746. The number of morpholine rings is 1. The van der Waals surface area contributed by atoms with Crippen LogP contribution in [-0.2, 0) is 24.4 Å². The minimum Gasteiger partial charge on any atom is -0.379 e. The third-order valence-corrected chi connectivity index (χ3v) is 4.88. The molecule has 25 heavy (non-hydrogen) atoms. The van der Waals surface area contributed by atoms with Gasteiger partial charge in [-0.1, -0.05) is 0 Å². The number of nitrogens with one attached hydrogen (secondary N) is 1. The van der Waals surface area contributed by atoms with E-state index in [4.69, 9.17) is 9.84 Å². The van der Waals surface area contributed by atoms with E-state index in [1.165, 1.54) is 5.56 Å². The summed E-state index contributed by atoms with van der Waals surface area (Å²) < 4.78 is 7.51. The maximum atomic E-state index is 12.7. The molecule has 0 atom stereocenters. The molecule has 2 aliphatic heterocycles. The lowest BCUT2D eigenvalue weighted by Crippen LogP contribution is -2.36. The van der Waals surface area contributed by atoms with Crippen molar-refractivity contribution >= 4 is 5.91 Å². The summed E-state index contributed by atoms with van der Waals surface area (Å²) in [5.41, 5.74) is 3.98. The quantitative estimate of drug-likeness (QED) is 0.901. The van der Waals surface area contributed by atoms with Crippen LogP contribution in [-0.4, -0.2) is 62.0 Å². The predicted octanol–water partition coefficient (Wildman–Crippen LogP) is 1.18. The summed E-state index contributed by atoms with van der Waals surface area (Å²) >= 11 is 0. The topological polar surface area (TPSA) is 79.3 Å². The zero-order valence-electron chi connectivity index (χ0n) is 14.7. The molecule has 4 rings (SSSR count). The van der Waals surface area contributed by atoms with Gasteiger partial charge in [0.15, 0.2) is 0 Å². The number of aromatic amines is 1. The van der Waals surface area contributed by atoms with Gasteiger partial charge in [0.1, 0.15) is 5.69 Å². The Hall–Kier alpha value is -2.19. The van der Waals surface area contributed by atoms with E-state index in [-0.39, 0.29) is 11.9 Å². The number of carbonyl (C=O) groups excluding carboxylic acids is 1. The standard InChI is InChI=1S/C17H24N6O2/c1-12(2)23-16-11-22(17(24)14-3-4-18-19-14)9-13(16)15(20-23)10-21-5-7-25-8-6-21/h3-4,12H,5-11H2,1-2H3,(H,18,19). The van der Waals surface area contributed by atoms with Gasteiger partial charge in [0.05, 0.1) is 37.7 Å². The molecule has 1 fully saturated rings. The van der Waals surface area contributed by atoms with Crippen molar-refractivity contribution in [2.45, 2.75) is 39.5 Å². The molecule has 0 spiro atoms. The van der Waals surface area contributed by atoms with Gasteiger partial charge in [-0.05, 0) is 19.9 Å². The maximum absolute atomic E-state index is 12.7. The summed E-state index contributed by atoms with van der Waals surface area (Å²) in [4.78, 5) is 16.9. The van der Waals surface area contributed by atoms with Gasteiger partial charge >= 0.3 is 0 Å². The largest absolute Gasteiger partial charge is 0.379 e. The van der Waals surface area contributed by atoms with E-state index in [0.717, 1.165) is 44.2 Å². The van der Waals surface area contributed by atoms with Crippen molar-refractivity contribution in [1.29, 1.82) is 0 Å². The number of hydrogen-bond acceptors (Lipinski definition) is 5. The van der Waals surface area contributed by atoms with E-state index < -0.39 is 0 Å². The van der Waals surface area contributed by atoms with E-state index in [0.29, 0.717) is 18.8 Å². The molecule has 0 radical (unpaired) electrons. The van der Waals surface area contributed by atoms with Gasteiger partial charge < -0.3 is 9.64 Å². The van der Waals surface area contributed by atoms with Gasteiger partial charge in [-0.25, -0.2) is 0 Å². The van der Waals surface area contributed by atoms with Crippen molar-refractivity contribution in [1.82, 2.24) is 29.8 Å². The molecule has 1 N–H and O–H groups in total. The lowest BCUT2D eigenvalue weighted by atomic mass is 10.2. The van der Waals surface area contributed by atoms with Crippen LogP contribution in [0.1, 0.15) is 47.3 Å². The Morgan fingerprint density at radius 3 is 2.80 bits per heavy atom. The van der Waals surface area contributed by atoms with Crippen LogP contribution in [0.25, 0.3) is 0 Å². The Morgan fingerprint density at radius 2 is 2.12 bits per heavy atom. The molecule has 4 heterocycles. The SMILES string of the molecule is CC(C)n1nc(CN2CCOCC2)c2c1CN(C(=O)c1ccn[nH]1)C2. The first-order chi connectivity index (χ1) is 12.1. The number of H-pyrrole nitrogens is 1. The number of ether oxygens (including phenoxy) is 1. The van der Waals surface area contributed by atoms with Gasteiger partial charge in [0.25, 0.3) is 5.91 Å². The molecular formula is C17H24N6O2. The van der Waals surface area contributed by atoms with Gasteiger partial charge in [0.2, 0.25) is 0 Å². The van der Waals surface area contributed by atoms with E-state index in [1.807, 2.05) is 4.90 Å². The number of rotatable bonds is 4. The predicted molar refractivity (Wildman–Crippen MR) is 90.9 cm³/mol. The highest BCUT2D eigenvalue weighted by molar-refractivity contribution is 5.92. The molecule has 1 amide bonds. The van der Waals surface area contributed by atoms with E-state index in [2.05, 4.69) is 33.6 Å². The summed E-state index contributed by atoms with van der Waals surface area (Å²) in [6, 6.07) is 1.99. The lowest BCUT2D eigenvalue weighted by molar-refractivity contribution is 0.0333. The zero-order chi connectivity index (χ0) is 17.4. The highest BCUT2D eigenvalue weighted by atomic mass is 16.5. The fraction of sp³-hybridized carbons (Fsp3) is 0.588. The molecule has 2 aliphatic rings. The Labute approximate surface area is 146 Å². The molecule has 134 valence electrons. The molecule has 2 aromatic heterocycles. The van der Waals surface area contributed by atoms with Crippen molar-refractivity contribution in [3.63, 3.8) is 0 Å². The molecule has 2 aromatic rings. The smallest absolute Gasteiger partial charge is 0.272 e. The normalized spacial score (nSPS) is 18.1. The number of nitrogens with zero attached hydrogens (tertiary/aromatic N) is 5. The van der Waals surface area contributed by atoms with Crippen LogP contribution in [0, 0.1) is 0 Å². The molecule has 8 heteroatoms. The molecule has 0 saturated carbocycles. The Morgan fingerprint density at radius 1 is 1.32 bits per heavy atom. The van der Waals surface area contributed by atoms with Crippen molar-refractivity contribution in [3.05, 3.63) is 34.9 Å². The minimum absolute atomic E-state index is 0.0127. The zero-order valence-corrected chi connectivity index (χ0v) is 14.7. The summed E-state index contributed by atoms with van der Waals surface area (Å²) in [5, 5.41) is 11.5. The van der Waals surface area contributed by atoms with Crippen LogP contribution in [0.15, 0.2) is 12.3 Å². The van der Waals surface area contributed by atoms with Crippen molar-refractivity contribution in [3.8, 4) is 0 Å². The van der Waals surface area contributed by atoms with Crippen molar-refractivity contribution in [2.24, 2.45) is 0 Å². The fourth-order valence-electron chi connectivity index (χ4n) is 3.55. The maximum Gasteiger partial charge on any atom is 0.272 e. The van der Waals surface area contributed by atoms with Gasteiger partial charge in [-0.3, -0.25) is 19.5 Å². The summed E-state index contributed by atoms with van der Waals surface area (Å²) in [6.07, 6.45) is 1.61. The number of fused-ring (bicyclic) bond motifs is 1. The highest BCUT2D eigenvalue weighted by Gasteiger charge is 2.32. The van der Waals surface area contributed by atoms with Crippen LogP contribution in [0.3, 0.4) is 0 Å². The van der Waals surface area contributed by atoms with Crippen LogP contribution in [0.5, 0.6) is 0 Å². The average molecular weight is 344 g/mol. The molecule has 0 unspecified atom stereocenters. The second-order valence-electron chi connectivity index (χ2n) is 6.93. The number of hydrogen-bond donors (Lipinski definition) is 1. The summed E-state index contributed by atoms with van der Waals surface area (Å²) in [7, 11) is 0. The molecule has 8 nitrogen and oxygen atoms in total. The van der Waals surface area contributed by atoms with Gasteiger partial charge in [-0.15, -0.1) is 0 Å². The van der Waals surface area contributed by atoms with E-state index in [1.54, 1.807) is 12.3 Å². The number of aromatic nitrogens is 4. The first-order valence-electron chi connectivity index (χ1n) is 8.81. The second kappa shape index (κ2) is 6.61. The second-order valence-corrected chi connectivity index (χ2v) is 6.93. The van der Waals surface area contributed by atoms with E-state index >= 15 is 0 Å². The first-order valence-corrected chi connectivity index (χ1v) is 8.81. The third-order valence-electron chi connectivity index (χ3n) is 4.88. The Balaban J connectivity index is 1.58. The Kier molecular flexibility index (Phi) is 4.30. The number of amides is 1. The minimum atomic E-state index is -0.0127. The summed E-state index contributed by atoms with van der Waals surface area (Å²) in [5.74, 6) is -0.0127. The molecule has 0 aromatic carbocycles. The van der Waals surface area contributed by atoms with Crippen LogP contribution >= 0.6 is 0 Å². The van der Waals surface area contributed by atoms with Crippen LogP contribution < -0.4 is 0 Å². The van der Waals surface area contributed by atoms with Crippen LogP contribution in [0.4, 0.5) is 0 Å². The van der Waals surface area contributed by atoms with Gasteiger partial charge in [0, 0.05) is 37.4 Å². The van der Waals surface area contributed by atoms with E-state index in [9.17, 15) is 4.79 Å². The van der Waals surface area contributed by atoms with Crippen molar-refractivity contribution in [2.75, 3.05) is 26.3 Å². The third kappa shape index (κ3) is 3.07. The molecule has 0 bridgehead atoms. The molecule has 0 aliphatic carbocycles.